The minimum Gasteiger partial charge on any atom is -0.357 e. The molecule has 1 aliphatic carbocycles. The Morgan fingerprint density at radius 2 is 1.75 bits per heavy atom. The molecule has 2 unspecified atom stereocenters. The Morgan fingerprint density at radius 3 is 2.25 bits per heavy atom. The summed E-state index contributed by atoms with van der Waals surface area (Å²) in [6, 6.07) is 0. The predicted molar refractivity (Wildman–Crippen MR) is 83.5 cm³/mol. The lowest BCUT2D eigenvalue weighted by molar-refractivity contribution is 0.706. The van der Waals surface area contributed by atoms with Crippen LogP contribution in [-0.2, 0) is 0 Å². The summed E-state index contributed by atoms with van der Waals surface area (Å²) >= 11 is 0. The highest BCUT2D eigenvalue weighted by Crippen LogP contribution is 2.38. The molecular weight excluding hydrogens is 252 g/mol. The van der Waals surface area contributed by atoms with Gasteiger partial charge in [0.1, 0.15) is 0 Å². The zero-order chi connectivity index (χ0) is 14.7. The van der Waals surface area contributed by atoms with Gasteiger partial charge in [0.25, 0.3) is 0 Å². The van der Waals surface area contributed by atoms with Crippen LogP contribution in [0.4, 0.5) is 17.8 Å². The molecule has 1 aromatic heterocycles. The van der Waals surface area contributed by atoms with Crippen LogP contribution >= 0.6 is 0 Å². The number of nitrogens with one attached hydrogen (secondary N) is 1. The average molecular weight is 278 g/mol. The van der Waals surface area contributed by atoms with Crippen LogP contribution in [0, 0.1) is 11.8 Å². The fourth-order valence-corrected chi connectivity index (χ4v) is 2.37. The maximum atomic E-state index is 4.62. The number of hydrogen-bond donors (Lipinski definition) is 1. The van der Waals surface area contributed by atoms with Gasteiger partial charge < -0.3 is 15.1 Å². The molecule has 1 aliphatic rings. The van der Waals surface area contributed by atoms with E-state index in [9.17, 15) is 0 Å². The fraction of sp³-hybridized carbons (Fsp3) is 0.786. The minimum atomic E-state index is 0.632. The summed E-state index contributed by atoms with van der Waals surface area (Å²) in [6.07, 6.45) is 1.32. The van der Waals surface area contributed by atoms with Gasteiger partial charge in [-0.05, 0) is 32.1 Å². The van der Waals surface area contributed by atoms with Crippen LogP contribution in [0.25, 0.3) is 0 Å². The third-order valence-electron chi connectivity index (χ3n) is 4.01. The SMILES string of the molecule is CCN(CC)c1nc(NC)nc(N(C)CC2CC2C)n1. The van der Waals surface area contributed by atoms with Crippen LogP contribution in [-0.4, -0.2) is 48.7 Å². The number of anilines is 3. The molecule has 20 heavy (non-hydrogen) atoms. The van der Waals surface area contributed by atoms with E-state index in [2.05, 4.69) is 57.9 Å². The molecule has 2 atom stereocenters. The molecule has 0 aliphatic heterocycles. The first-order chi connectivity index (χ1) is 9.58. The van der Waals surface area contributed by atoms with Gasteiger partial charge in [0.15, 0.2) is 0 Å². The third kappa shape index (κ3) is 3.29. The first kappa shape index (κ1) is 14.8. The highest BCUT2D eigenvalue weighted by Gasteiger charge is 2.33. The van der Waals surface area contributed by atoms with Crippen molar-refractivity contribution in [2.75, 3.05) is 48.8 Å². The molecule has 1 fully saturated rings. The van der Waals surface area contributed by atoms with Crippen LogP contribution in [0.3, 0.4) is 0 Å². The Morgan fingerprint density at radius 1 is 1.15 bits per heavy atom. The molecule has 0 radical (unpaired) electrons. The van der Waals surface area contributed by atoms with Crippen LogP contribution in [0.15, 0.2) is 0 Å². The van der Waals surface area contributed by atoms with Crippen molar-refractivity contribution in [2.24, 2.45) is 11.8 Å². The second kappa shape index (κ2) is 6.24. The van der Waals surface area contributed by atoms with Crippen molar-refractivity contribution >= 4 is 17.8 Å². The molecule has 2 rings (SSSR count). The third-order valence-corrected chi connectivity index (χ3v) is 4.01. The maximum absolute atomic E-state index is 4.62. The van der Waals surface area contributed by atoms with E-state index in [0.717, 1.165) is 43.4 Å². The van der Waals surface area contributed by atoms with E-state index in [1.54, 1.807) is 0 Å². The molecule has 1 heterocycles. The lowest BCUT2D eigenvalue weighted by Crippen LogP contribution is -2.28. The Labute approximate surface area is 121 Å². The maximum Gasteiger partial charge on any atom is 0.231 e. The van der Waals surface area contributed by atoms with Crippen molar-refractivity contribution in [3.63, 3.8) is 0 Å². The molecular formula is C14H26N6. The summed E-state index contributed by atoms with van der Waals surface area (Å²) in [5, 5.41) is 3.03. The molecule has 0 amide bonds. The number of hydrogen-bond acceptors (Lipinski definition) is 6. The second-order valence-corrected chi connectivity index (χ2v) is 5.53. The summed E-state index contributed by atoms with van der Waals surface area (Å²) in [5.74, 6) is 3.76. The smallest absolute Gasteiger partial charge is 0.231 e. The normalized spacial score (nSPS) is 20.6. The highest BCUT2D eigenvalue weighted by atomic mass is 15.4. The molecule has 0 aromatic carbocycles. The zero-order valence-corrected chi connectivity index (χ0v) is 13.2. The summed E-state index contributed by atoms with van der Waals surface area (Å²) in [6.45, 7) is 9.33. The molecule has 6 nitrogen and oxygen atoms in total. The number of nitrogens with zero attached hydrogens (tertiary/aromatic N) is 5. The van der Waals surface area contributed by atoms with Gasteiger partial charge in [-0.25, -0.2) is 0 Å². The van der Waals surface area contributed by atoms with Gasteiger partial charge in [0.05, 0.1) is 0 Å². The quantitative estimate of drug-likeness (QED) is 0.821. The standard InChI is InChI=1S/C14H26N6/c1-6-20(7-2)14-17-12(15-4)16-13(18-14)19(5)9-11-8-10(11)3/h10-11H,6-9H2,1-5H3,(H,15,16,17,18). The predicted octanol–water partition coefficient (Wildman–Crippen LogP) is 1.85. The van der Waals surface area contributed by atoms with Gasteiger partial charge in [-0.2, -0.15) is 15.0 Å². The van der Waals surface area contributed by atoms with E-state index in [1.807, 2.05) is 7.05 Å². The van der Waals surface area contributed by atoms with E-state index < -0.39 is 0 Å². The van der Waals surface area contributed by atoms with Crippen molar-refractivity contribution in [3.05, 3.63) is 0 Å². The topological polar surface area (TPSA) is 57.2 Å². The van der Waals surface area contributed by atoms with Gasteiger partial charge in [-0.15, -0.1) is 0 Å². The molecule has 0 saturated heterocycles. The first-order valence-electron chi connectivity index (χ1n) is 7.48. The van der Waals surface area contributed by atoms with E-state index in [0.29, 0.717) is 5.95 Å². The summed E-state index contributed by atoms with van der Waals surface area (Å²) in [4.78, 5) is 17.8. The van der Waals surface area contributed by atoms with Gasteiger partial charge in [0, 0.05) is 33.7 Å². The highest BCUT2D eigenvalue weighted by molar-refractivity contribution is 5.44. The summed E-state index contributed by atoms with van der Waals surface area (Å²) < 4.78 is 0. The van der Waals surface area contributed by atoms with E-state index >= 15 is 0 Å². The lowest BCUT2D eigenvalue weighted by Gasteiger charge is -2.22. The largest absolute Gasteiger partial charge is 0.357 e. The first-order valence-corrected chi connectivity index (χ1v) is 7.48. The summed E-state index contributed by atoms with van der Waals surface area (Å²) in [7, 11) is 3.90. The van der Waals surface area contributed by atoms with Gasteiger partial charge in [-0.1, -0.05) is 6.92 Å². The number of rotatable bonds is 7. The van der Waals surface area contributed by atoms with E-state index in [4.69, 9.17) is 0 Å². The van der Waals surface area contributed by atoms with Crippen LogP contribution < -0.4 is 15.1 Å². The van der Waals surface area contributed by atoms with Gasteiger partial charge in [-0.3, -0.25) is 0 Å². The number of aromatic nitrogens is 3. The van der Waals surface area contributed by atoms with Crippen molar-refractivity contribution < 1.29 is 0 Å². The monoisotopic (exact) mass is 278 g/mol. The van der Waals surface area contributed by atoms with Crippen molar-refractivity contribution in [1.82, 2.24) is 15.0 Å². The van der Waals surface area contributed by atoms with E-state index in [-0.39, 0.29) is 0 Å². The second-order valence-electron chi connectivity index (χ2n) is 5.53. The molecule has 112 valence electrons. The van der Waals surface area contributed by atoms with Crippen molar-refractivity contribution in [2.45, 2.75) is 27.2 Å². The zero-order valence-electron chi connectivity index (χ0n) is 13.2. The van der Waals surface area contributed by atoms with Gasteiger partial charge in [0.2, 0.25) is 17.8 Å². The van der Waals surface area contributed by atoms with Crippen molar-refractivity contribution in [1.29, 1.82) is 0 Å². The molecule has 0 bridgehead atoms. The van der Waals surface area contributed by atoms with Crippen LogP contribution in [0.2, 0.25) is 0 Å². The average Bonchev–Trinajstić information content (AvgIpc) is 3.15. The Balaban J connectivity index is 2.20. The molecule has 1 aromatic rings. The Hall–Kier alpha value is -1.59. The Kier molecular flexibility index (Phi) is 4.62. The van der Waals surface area contributed by atoms with Crippen LogP contribution in [0.1, 0.15) is 27.2 Å². The minimum absolute atomic E-state index is 0.632. The molecule has 1 N–H and O–H groups in total. The summed E-state index contributed by atoms with van der Waals surface area (Å²) in [5.41, 5.74) is 0. The Bertz CT molecular complexity index is 445. The van der Waals surface area contributed by atoms with Crippen molar-refractivity contribution in [3.8, 4) is 0 Å². The van der Waals surface area contributed by atoms with E-state index in [1.165, 1.54) is 6.42 Å². The molecule has 1 saturated carbocycles. The van der Waals surface area contributed by atoms with Crippen LogP contribution in [0.5, 0.6) is 0 Å². The van der Waals surface area contributed by atoms with Gasteiger partial charge >= 0.3 is 0 Å². The molecule has 6 heteroatoms. The molecule has 0 spiro atoms. The fourth-order valence-electron chi connectivity index (χ4n) is 2.37. The lowest BCUT2D eigenvalue weighted by atomic mass is 10.3.